The molecule has 51 heavy (non-hydrogen) atoms. The topological polar surface area (TPSA) is 152 Å². The molecule has 2 aliphatic heterocycles. The van der Waals surface area contributed by atoms with Gasteiger partial charge in [-0.3, -0.25) is 23.9 Å². The largest absolute Gasteiger partial charge is 0.416 e. The van der Waals surface area contributed by atoms with Crippen LogP contribution in [0.25, 0.3) is 11.4 Å². The molecule has 1 aromatic carbocycles. The molecule has 0 saturated carbocycles. The summed E-state index contributed by atoms with van der Waals surface area (Å²) < 4.78 is 49.1. The number of piperazine rings is 1. The number of H-pyrrole nitrogens is 1. The highest BCUT2D eigenvalue weighted by atomic mass is 35.5. The average Bonchev–Trinajstić information content (AvgIpc) is 3.71. The summed E-state index contributed by atoms with van der Waals surface area (Å²) in [6.07, 6.45) is -0.571. The van der Waals surface area contributed by atoms with Crippen LogP contribution in [0, 0.1) is 0 Å². The van der Waals surface area contributed by atoms with Crippen molar-refractivity contribution in [2.24, 2.45) is 0 Å². The fourth-order valence-electron chi connectivity index (χ4n) is 6.46. The maximum atomic E-state index is 14.3. The number of fused-ring (bicyclic) bond motifs is 1. The molecule has 2 aliphatic rings. The van der Waals surface area contributed by atoms with Crippen LogP contribution in [-0.4, -0.2) is 84.5 Å². The quantitative estimate of drug-likeness (QED) is 0.276. The third-order valence-corrected chi connectivity index (χ3v) is 9.34. The lowest BCUT2D eigenvalue weighted by Crippen LogP contribution is -2.56. The Morgan fingerprint density at radius 1 is 1.18 bits per heavy atom. The van der Waals surface area contributed by atoms with Gasteiger partial charge in [0.05, 0.1) is 35.2 Å². The van der Waals surface area contributed by atoms with Crippen LogP contribution >= 0.6 is 11.6 Å². The minimum atomic E-state index is -4.61. The Morgan fingerprint density at radius 2 is 1.94 bits per heavy atom. The minimum Gasteiger partial charge on any atom is -0.377 e. The zero-order chi connectivity index (χ0) is 36.8. The number of rotatable bonds is 8. The molecule has 2 amide bonds. The van der Waals surface area contributed by atoms with Crippen molar-refractivity contribution in [2.75, 3.05) is 43.1 Å². The van der Waals surface area contributed by atoms with Crippen molar-refractivity contribution in [3.05, 3.63) is 78.8 Å². The number of carbonyl (C=O) groups excluding carboxylic acids is 2. The summed E-state index contributed by atoms with van der Waals surface area (Å²) in [4.78, 5) is 62.3. The van der Waals surface area contributed by atoms with E-state index in [0.29, 0.717) is 37.6 Å². The number of anilines is 2. The zero-order valence-corrected chi connectivity index (χ0v) is 29.1. The van der Waals surface area contributed by atoms with Gasteiger partial charge in [-0.15, -0.1) is 5.10 Å². The maximum absolute atomic E-state index is 14.3. The first-order valence-corrected chi connectivity index (χ1v) is 16.9. The molecule has 18 heteroatoms. The van der Waals surface area contributed by atoms with E-state index >= 15 is 0 Å². The lowest BCUT2D eigenvalue weighted by molar-refractivity contribution is -0.137. The molecule has 1 atom stereocenters. The van der Waals surface area contributed by atoms with Crippen molar-refractivity contribution < 1.29 is 27.5 Å². The van der Waals surface area contributed by atoms with Crippen LogP contribution in [0.5, 0.6) is 0 Å². The predicted molar refractivity (Wildman–Crippen MR) is 183 cm³/mol. The van der Waals surface area contributed by atoms with Crippen molar-refractivity contribution in [3.8, 4) is 0 Å². The second-order valence-corrected chi connectivity index (χ2v) is 13.1. The number of aromatic nitrogens is 6. The Balaban J connectivity index is 1.36. The van der Waals surface area contributed by atoms with E-state index in [2.05, 4.69) is 20.5 Å². The number of amides is 2. The van der Waals surface area contributed by atoms with Gasteiger partial charge in [-0.25, -0.2) is 0 Å². The molecule has 3 aromatic heterocycles. The molecule has 2 N–H and O–H groups in total. The van der Waals surface area contributed by atoms with E-state index < -0.39 is 40.7 Å². The molecule has 0 radical (unpaired) electrons. The summed E-state index contributed by atoms with van der Waals surface area (Å²) >= 11 is 6.12. The number of carbonyl (C=O) groups is 2. The highest BCUT2D eigenvalue weighted by Crippen LogP contribution is 2.34. The summed E-state index contributed by atoms with van der Waals surface area (Å²) in [5, 5.41) is 9.69. The number of ether oxygens (including phenoxy) is 1. The molecule has 0 unspecified atom stereocenters. The Bertz CT molecular complexity index is 2150. The fraction of sp³-hybridized carbons (Fsp3) is 0.455. The Labute approximate surface area is 294 Å². The molecule has 4 aromatic rings. The highest BCUT2D eigenvalue weighted by molar-refractivity contribution is 6.33. The van der Waals surface area contributed by atoms with Gasteiger partial charge in [0.1, 0.15) is 17.8 Å². The Hall–Kier alpha value is -4.90. The third-order valence-electron chi connectivity index (χ3n) is 9.03. The maximum Gasteiger partial charge on any atom is 0.416 e. The summed E-state index contributed by atoms with van der Waals surface area (Å²) in [6, 6.07) is 2.06. The summed E-state index contributed by atoms with van der Waals surface area (Å²) in [6.45, 7) is 8.41. The summed E-state index contributed by atoms with van der Waals surface area (Å²) in [5.41, 5.74) is -0.310. The van der Waals surface area contributed by atoms with Crippen molar-refractivity contribution in [2.45, 2.75) is 65.3 Å². The van der Waals surface area contributed by atoms with Crippen LogP contribution in [0.15, 0.2) is 40.1 Å². The monoisotopic (exact) mass is 731 g/mol. The molecule has 1 saturated heterocycles. The number of hydrogen-bond donors (Lipinski definition) is 2. The second-order valence-electron chi connectivity index (χ2n) is 12.7. The number of halogens is 4. The van der Waals surface area contributed by atoms with Crippen LogP contribution in [0.3, 0.4) is 0 Å². The number of aromatic amines is 1. The summed E-state index contributed by atoms with van der Waals surface area (Å²) in [7, 11) is 0. The van der Waals surface area contributed by atoms with Gasteiger partial charge in [-0.1, -0.05) is 24.6 Å². The third kappa shape index (κ3) is 6.91. The molecule has 6 rings (SSSR count). The van der Waals surface area contributed by atoms with Crippen LogP contribution in [-0.2, 0) is 28.7 Å². The van der Waals surface area contributed by atoms with E-state index in [1.165, 1.54) is 10.9 Å². The smallest absolute Gasteiger partial charge is 0.377 e. The standard InChI is InChI=1S/C33H37ClF3N9O5/c1-5-25-27(42-10-11-43(19(4)16-42)29(48)22-15-38-45(18(2)3)30(22)49)31(50)46-32(40-28(41-46)20-8-12-51-13-9-20)44(25)17-26(47)39-24-7-6-21(14-23(24)34)33(35,36)37/h6-8,14-15,18-19,38H,5,9-13,16-17H2,1-4H3,(H,39,47)/t19-/m1/s1. The van der Waals surface area contributed by atoms with Crippen molar-refractivity contribution in [1.29, 1.82) is 0 Å². The number of nitrogens with one attached hydrogen (secondary N) is 2. The molecule has 0 aliphatic carbocycles. The average molecular weight is 732 g/mol. The first-order chi connectivity index (χ1) is 24.2. The lowest BCUT2D eigenvalue weighted by Gasteiger charge is -2.41. The highest BCUT2D eigenvalue weighted by Gasteiger charge is 2.34. The van der Waals surface area contributed by atoms with Gasteiger partial charge in [0, 0.05) is 37.9 Å². The minimum absolute atomic E-state index is 0.0169. The number of nitrogens with zero attached hydrogens (tertiary/aromatic N) is 7. The zero-order valence-electron chi connectivity index (χ0n) is 28.4. The normalized spacial score (nSPS) is 17.0. The SMILES string of the molecule is CCc1c(N2CCN(C(=O)c3c[nH]n(C(C)C)c3=O)[C@H](C)C2)c(=O)n2nc(C3=CCOCC3)nc2n1CC(=O)Nc1ccc(C(F)(F)F)cc1Cl. The van der Waals surface area contributed by atoms with Gasteiger partial charge >= 0.3 is 6.18 Å². The molecule has 14 nitrogen and oxygen atoms in total. The molecule has 1 fully saturated rings. The fourth-order valence-corrected chi connectivity index (χ4v) is 6.69. The Morgan fingerprint density at radius 3 is 2.55 bits per heavy atom. The van der Waals surface area contributed by atoms with Crippen LogP contribution in [0.2, 0.25) is 5.02 Å². The Kier molecular flexibility index (Phi) is 9.87. The van der Waals surface area contributed by atoms with Gasteiger partial charge in [-0.05, 0) is 57.4 Å². The van der Waals surface area contributed by atoms with E-state index in [9.17, 15) is 32.3 Å². The van der Waals surface area contributed by atoms with Crippen LogP contribution in [0.4, 0.5) is 24.5 Å². The van der Waals surface area contributed by atoms with Crippen LogP contribution < -0.4 is 21.3 Å². The summed E-state index contributed by atoms with van der Waals surface area (Å²) in [5.74, 6) is -0.639. The van der Waals surface area contributed by atoms with E-state index in [4.69, 9.17) is 16.3 Å². The van der Waals surface area contributed by atoms with E-state index in [0.717, 1.165) is 28.3 Å². The van der Waals surface area contributed by atoms with Gasteiger partial charge in [0.15, 0.2) is 5.82 Å². The number of hydrogen-bond acceptors (Lipinski definition) is 8. The first kappa shape index (κ1) is 35.9. The molecular weight excluding hydrogens is 695 g/mol. The number of benzene rings is 1. The van der Waals surface area contributed by atoms with E-state index in [1.807, 2.05) is 38.7 Å². The lowest BCUT2D eigenvalue weighted by atomic mass is 10.1. The second kappa shape index (κ2) is 14.0. The molecule has 0 spiro atoms. The van der Waals surface area contributed by atoms with Gasteiger partial charge in [-0.2, -0.15) is 22.7 Å². The molecule has 272 valence electrons. The molecule has 5 heterocycles. The van der Waals surface area contributed by atoms with Crippen molar-refractivity contribution >= 4 is 46.1 Å². The van der Waals surface area contributed by atoms with Gasteiger partial charge in [0.2, 0.25) is 11.7 Å². The molecule has 0 bridgehead atoms. The van der Waals surface area contributed by atoms with Crippen molar-refractivity contribution in [3.63, 3.8) is 0 Å². The molecular formula is C33H37ClF3N9O5. The van der Waals surface area contributed by atoms with Gasteiger partial charge in [0.25, 0.3) is 17.0 Å². The van der Waals surface area contributed by atoms with Crippen LogP contribution in [0.1, 0.15) is 67.6 Å². The van der Waals surface area contributed by atoms with Crippen molar-refractivity contribution in [1.82, 2.24) is 33.8 Å². The van der Waals surface area contributed by atoms with E-state index in [1.54, 1.807) is 9.47 Å². The predicted octanol–water partition coefficient (Wildman–Crippen LogP) is 3.99. The van der Waals surface area contributed by atoms with E-state index in [-0.39, 0.29) is 60.0 Å². The van der Waals surface area contributed by atoms with Gasteiger partial charge < -0.3 is 29.5 Å². The number of alkyl halides is 3. The first-order valence-electron chi connectivity index (χ1n) is 16.5.